The van der Waals surface area contributed by atoms with Gasteiger partial charge in [0.2, 0.25) is 0 Å². The highest BCUT2D eigenvalue weighted by Crippen LogP contribution is 2.69. The molecule has 23 rings (SSSR count). The Labute approximate surface area is 899 Å². The summed E-state index contributed by atoms with van der Waals surface area (Å²) in [7, 11) is 70.6. The van der Waals surface area contributed by atoms with E-state index in [0.29, 0.717) is 45.9 Å². The molecule has 6 nitrogen and oxygen atoms in total. The molecule has 0 heterocycles. The van der Waals surface area contributed by atoms with E-state index in [4.69, 9.17) is 67.1 Å². The van der Waals surface area contributed by atoms with Gasteiger partial charge in [-0.05, 0) is 347 Å². The van der Waals surface area contributed by atoms with Gasteiger partial charge in [-0.1, -0.05) is 12.7 Å². The van der Waals surface area contributed by atoms with Crippen molar-refractivity contribution in [2.24, 2.45) is 141 Å². The minimum Gasteiger partial charge on any atom is -1.00 e. The Kier molecular flexibility index (Phi) is 62.5. The zero-order valence-corrected chi connectivity index (χ0v) is 108. The second-order valence-corrected chi connectivity index (χ2v) is 109. The third-order valence-electron chi connectivity index (χ3n) is 29.1. The topological polar surface area (TPSA) is 113 Å². The van der Waals surface area contributed by atoms with Crippen molar-refractivity contribution in [3.8, 4) is 0 Å². The van der Waals surface area contributed by atoms with Gasteiger partial charge in [0, 0.05) is 477 Å². The molecule has 0 unspecified atom stereocenters. The molecular formula is C70H105ClNO5S48+. The second-order valence-electron chi connectivity index (χ2n) is 34.8. The smallest absolute Gasteiger partial charge is 1.00 e. The highest BCUT2D eigenvalue weighted by atomic mass is 35.5. The van der Waals surface area contributed by atoms with Crippen LogP contribution in [0.1, 0.15) is 233 Å². The lowest BCUT2D eigenvalue weighted by atomic mass is 9.42. The Bertz CT molecular complexity index is 5680. The van der Waals surface area contributed by atoms with Crippen LogP contribution >= 0.6 is 0 Å². The summed E-state index contributed by atoms with van der Waals surface area (Å²) in [5, 5.41) is 0. The molecule has 3 N–H and O–H groups in total. The zero-order chi connectivity index (χ0) is 87.8. The van der Waals surface area contributed by atoms with Gasteiger partial charge in [-0.15, -0.1) is 0 Å². The fourth-order valence-electron chi connectivity index (χ4n) is 25.8. The molecule has 0 aliphatic heterocycles. The van der Waals surface area contributed by atoms with Gasteiger partial charge in [0.25, 0.3) is 0 Å². The quantitative estimate of drug-likeness (QED) is 0.211. The number of hydrogen-bond donors (Lipinski definition) is 1. The van der Waals surface area contributed by atoms with Crippen molar-refractivity contribution in [2.45, 2.75) is 238 Å². The first-order chi connectivity index (χ1) is 60.5. The summed E-state index contributed by atoms with van der Waals surface area (Å²) in [6.45, 7) is 4.68. The average Bonchev–Trinajstić information content (AvgIpc) is 0.726. The van der Waals surface area contributed by atoms with Gasteiger partial charge in [-0.3, -0.25) is 19.2 Å². The summed E-state index contributed by atoms with van der Waals surface area (Å²) in [4.78, 5) is 55.0. The first kappa shape index (κ1) is 117. The van der Waals surface area contributed by atoms with Gasteiger partial charge in [0.1, 0.15) is 17.9 Å². The van der Waals surface area contributed by atoms with Crippen molar-refractivity contribution < 1.29 is 43.5 Å². The molecular weight excluding hydrogens is 2510 g/mol. The molecule has 0 amide bonds. The molecule has 22 fully saturated rings. The van der Waals surface area contributed by atoms with Gasteiger partial charge in [-0.25, -0.2) is 0 Å². The maximum Gasteiger partial charge on any atom is 1.00 e. The van der Waals surface area contributed by atoms with Crippen molar-refractivity contribution in [1.82, 2.24) is 0 Å². The van der Waals surface area contributed by atoms with Crippen LogP contribution in [0.25, 0.3) is 0 Å². The van der Waals surface area contributed by atoms with Crippen LogP contribution in [0.5, 0.6) is 0 Å². The molecule has 20 bridgehead atoms. The van der Waals surface area contributed by atoms with Gasteiger partial charge in [0.15, 0.2) is 11.6 Å². The summed E-state index contributed by atoms with van der Waals surface area (Å²) in [6, 6.07) is 0.780. The molecule has 3 spiro atoms. The maximum atomic E-state index is 11.6. The van der Waals surface area contributed by atoms with Crippen molar-refractivity contribution in [3.05, 3.63) is 24.8 Å². The van der Waals surface area contributed by atoms with Crippen LogP contribution in [0.3, 0.4) is 0 Å². The van der Waals surface area contributed by atoms with E-state index in [9.17, 15) is 24.0 Å². The predicted octanol–water partition coefficient (Wildman–Crippen LogP) is 11.6. The van der Waals surface area contributed by atoms with Crippen LogP contribution in [0.15, 0.2) is 24.8 Å². The number of carbonyl (C=O) groups excluding carboxylic acids is 5. The summed E-state index contributed by atoms with van der Waals surface area (Å²) < 4.78 is 0. The molecule has 23 aliphatic rings. The van der Waals surface area contributed by atoms with Gasteiger partial charge >= 0.3 is 1.43 Å². The first-order valence-corrected chi connectivity index (χ1v) is 101. The monoisotopic (exact) mass is 2610 g/mol. The second kappa shape index (κ2) is 66.7. The molecule has 0 radical (unpaired) electrons. The Morgan fingerprint density at radius 3 is 0.816 bits per heavy atom. The number of hydrogen-bond acceptors (Lipinski definition) is 11. The summed E-state index contributed by atoms with van der Waals surface area (Å²) in [5.74, 6) is 21.1. The minimum atomic E-state index is 0. The molecule has 22 saturated carbocycles. The van der Waals surface area contributed by atoms with Crippen molar-refractivity contribution in [3.63, 3.8) is 0 Å². The lowest BCUT2D eigenvalue weighted by Crippen LogP contribution is -3.00. The minimum absolute atomic E-state index is 0. The van der Waals surface area contributed by atoms with Gasteiger partial charge < -0.3 is 22.9 Å². The number of aldehydes is 1. The number of Topliss-reactive ketones (excluding diaryl/α,β-unsaturated/α-hetero) is 2. The number of carbonyl (C=O) groups is 5. The lowest BCUT2D eigenvalue weighted by Gasteiger charge is -2.63. The van der Waals surface area contributed by atoms with E-state index in [2.05, 4.69) is 18.4 Å². The normalized spacial score (nSPS) is 33.9. The summed E-state index contributed by atoms with van der Waals surface area (Å²) >= 11 is 28.4. The highest BCUT2D eigenvalue weighted by Gasteiger charge is 2.60. The van der Waals surface area contributed by atoms with E-state index in [1.54, 1.807) is 358 Å². The van der Waals surface area contributed by atoms with E-state index in [1.165, 1.54) is 233 Å². The fraction of sp³-hybridized carbons (Fsp3) is 0.871. The first-order valence-electron chi connectivity index (χ1n) is 40.9. The van der Waals surface area contributed by atoms with Crippen LogP contribution < -0.4 is 18.1 Å². The Morgan fingerprint density at radius 1 is 0.352 bits per heavy atom. The van der Waals surface area contributed by atoms with Crippen LogP contribution in [0.4, 0.5) is 0 Å². The van der Waals surface area contributed by atoms with E-state index in [-0.39, 0.29) is 19.6 Å². The van der Waals surface area contributed by atoms with Crippen LogP contribution in [0.2, 0.25) is 0 Å². The van der Waals surface area contributed by atoms with Crippen LogP contribution in [0, 0.1) is 141 Å². The number of quaternary nitrogens is 1. The van der Waals surface area contributed by atoms with Crippen molar-refractivity contribution >= 4 is 470 Å². The zero-order valence-electron chi connectivity index (χ0n) is 68.7. The fourth-order valence-corrected chi connectivity index (χ4v) is 125. The standard InChI is InChI=1S/C15H25N.C15H22O.C15H20O.C11H16O.C10H14O.C4H6O.ClH.S17.S16.S15/c3*16-14-1-3-15(4-2-14)12-6-10-5-11(8-12)9-13(15)7-10;12-6-11-9-2-7-1-8(4-9)5-10(11)3-7;11-10-8-2-6-1-7(4-8)5-9(10)3-6;1-3-4(2)5;;1-3-5-7-9-11-13-15-17-16-14-12-10-8-6-4-2;1-3-5-7-9-11-13-15-16-14-12-10-8-6-4-2;1-3-5-7-9-11-13-15-14-12-10-8-6-4-2/h10-14H,1-9,16H2;10-13H,1-9H2;1,3,10-13H,2,4-9H2;6-11H,1-5H2;6-9H,1-5H2;3H,1H2,2H3;1H;;;/p+1. The molecule has 0 aromatic rings. The molecule has 0 aromatic heterocycles. The Morgan fingerprint density at radius 2 is 0.584 bits per heavy atom. The lowest BCUT2D eigenvalue weighted by molar-refractivity contribution is -0.430. The Hall–Kier alpha value is 8.64. The molecule has 125 heavy (non-hydrogen) atoms. The molecule has 0 aromatic carbocycles. The van der Waals surface area contributed by atoms with Gasteiger partial charge in [-0.2, -0.15) is 0 Å². The third-order valence-corrected chi connectivity index (χ3v) is 116. The van der Waals surface area contributed by atoms with Crippen molar-refractivity contribution in [1.29, 1.82) is 0 Å². The molecule has 714 valence electrons. The third kappa shape index (κ3) is 39.4. The van der Waals surface area contributed by atoms with E-state index >= 15 is 0 Å². The number of allylic oxidation sites excluding steroid dienone is 3. The SMILES string of the molecule is C=CC(C)=O.O=C1C2CC3CC(C2)CC1C3.O=C1C=CC2(CC1)C1CC3CC(C1)CC2C3.O=C1CCC2(CC1)C1CC3CC(C1)CC2C3.O=CC1C2CC3CC(C2)CC1C3.S=S=S=S=S=S=S=S=S=S=S=S=S=S=S.S=S=S=S=S=S=S=S=S=S=S=S=S=S=S=S.S=S=S=S=S=S=S=S=S=S=S=S=S=S=S=S=S.[Cl-].[H+].[NH3+]C1CCC2(CC1)C1CC3CC(C1)CC2C3. The van der Waals surface area contributed by atoms with Crippen LogP contribution in [-0.2, 0) is 464 Å². The average molecular weight is 2620 g/mol. The predicted molar refractivity (Wildman–Crippen MR) is 655 cm³/mol. The molecule has 0 saturated heterocycles. The van der Waals surface area contributed by atoms with Crippen LogP contribution in [-0.4, -0.2) is 35.5 Å². The largest absolute Gasteiger partial charge is 1.00 e. The molecule has 55 heteroatoms. The molecule has 23 aliphatic carbocycles. The van der Waals surface area contributed by atoms with Crippen molar-refractivity contribution in [2.75, 3.05) is 0 Å². The number of halogens is 1. The van der Waals surface area contributed by atoms with Gasteiger partial charge in [0.05, 0.1) is 6.04 Å². The summed E-state index contributed by atoms with van der Waals surface area (Å²) in [5.41, 5.74) is 6.21. The van der Waals surface area contributed by atoms with E-state index in [1.807, 2.05) is 6.08 Å². The molecule has 0 atom stereocenters. The highest BCUT2D eigenvalue weighted by molar-refractivity contribution is 8.80. The maximum absolute atomic E-state index is 11.6. The van der Waals surface area contributed by atoms with E-state index in [0.717, 1.165) is 144 Å². The number of rotatable bonds is 2. The summed E-state index contributed by atoms with van der Waals surface area (Å²) in [6.07, 6.45) is 55.4. The number of ketones is 4. The van der Waals surface area contributed by atoms with E-state index < -0.39 is 0 Å². The Balaban J connectivity index is 0.000000177.